The summed E-state index contributed by atoms with van der Waals surface area (Å²) in [6.45, 7) is 1.67. The summed E-state index contributed by atoms with van der Waals surface area (Å²) in [5.74, 6) is 0.783. The van der Waals surface area contributed by atoms with Crippen LogP contribution in [-0.2, 0) is 9.53 Å². The first-order chi connectivity index (χ1) is 5.74. The number of carbonyl (C=O) groups excluding carboxylic acids is 1. The topological polar surface area (TPSA) is 26.3 Å². The molecule has 0 aromatic carbocycles. The van der Waals surface area contributed by atoms with Crippen molar-refractivity contribution < 1.29 is 9.53 Å². The molecule has 0 aliphatic heterocycles. The third-order valence-corrected chi connectivity index (χ3v) is 2.69. The predicted molar refractivity (Wildman–Crippen MR) is 48.1 cm³/mol. The van der Waals surface area contributed by atoms with Gasteiger partial charge in [-0.15, -0.1) is 0 Å². The summed E-state index contributed by atoms with van der Waals surface area (Å²) < 4.78 is 5.35. The third-order valence-electron chi connectivity index (χ3n) is 2.69. The molecule has 70 valence electrons. The van der Waals surface area contributed by atoms with Gasteiger partial charge in [-0.25, -0.2) is 0 Å². The maximum Gasteiger partial charge on any atom is 0.130 e. The molecule has 2 nitrogen and oxygen atoms in total. The van der Waals surface area contributed by atoms with E-state index in [1.54, 1.807) is 14.0 Å². The van der Waals surface area contributed by atoms with E-state index < -0.39 is 0 Å². The lowest BCUT2D eigenvalue weighted by Gasteiger charge is -2.29. The van der Waals surface area contributed by atoms with Crippen molar-refractivity contribution in [1.82, 2.24) is 0 Å². The molecule has 0 aromatic rings. The van der Waals surface area contributed by atoms with E-state index in [0.29, 0.717) is 24.2 Å². The van der Waals surface area contributed by atoms with Crippen LogP contribution in [0.1, 0.15) is 39.0 Å². The Labute approximate surface area is 74.3 Å². The van der Waals surface area contributed by atoms with Gasteiger partial charge in [0.1, 0.15) is 5.78 Å². The molecule has 1 aliphatic rings. The lowest BCUT2D eigenvalue weighted by atomic mass is 9.83. The predicted octanol–water partition coefficient (Wildman–Crippen LogP) is 2.17. The Kier molecular flexibility index (Phi) is 3.73. The van der Waals surface area contributed by atoms with Gasteiger partial charge in [0.25, 0.3) is 0 Å². The first-order valence-corrected chi connectivity index (χ1v) is 4.76. The van der Waals surface area contributed by atoms with Crippen molar-refractivity contribution in [1.29, 1.82) is 0 Å². The minimum atomic E-state index is 0.295. The Morgan fingerprint density at radius 2 is 2.08 bits per heavy atom. The average Bonchev–Trinajstić information content (AvgIpc) is 2.04. The molecule has 1 saturated carbocycles. The zero-order chi connectivity index (χ0) is 8.97. The number of hydrogen-bond donors (Lipinski definition) is 0. The van der Waals surface area contributed by atoms with E-state index in [9.17, 15) is 4.79 Å². The molecule has 2 heteroatoms. The van der Waals surface area contributed by atoms with Crippen LogP contribution in [0.2, 0.25) is 0 Å². The van der Waals surface area contributed by atoms with E-state index in [0.717, 1.165) is 12.8 Å². The van der Waals surface area contributed by atoms with Crippen molar-refractivity contribution in [2.45, 2.75) is 45.1 Å². The zero-order valence-corrected chi connectivity index (χ0v) is 8.01. The van der Waals surface area contributed by atoms with Crippen molar-refractivity contribution >= 4 is 5.78 Å². The number of ether oxygens (including phenoxy) is 1. The summed E-state index contributed by atoms with van der Waals surface area (Å²) in [5, 5.41) is 0. The van der Waals surface area contributed by atoms with E-state index in [-0.39, 0.29) is 0 Å². The number of hydrogen-bond acceptors (Lipinski definition) is 2. The van der Waals surface area contributed by atoms with Crippen molar-refractivity contribution in [2.75, 3.05) is 7.11 Å². The minimum Gasteiger partial charge on any atom is -0.381 e. The lowest BCUT2D eigenvalue weighted by molar-refractivity contribution is -0.119. The summed E-state index contributed by atoms with van der Waals surface area (Å²) >= 11 is 0. The Morgan fingerprint density at radius 1 is 1.42 bits per heavy atom. The van der Waals surface area contributed by atoms with Crippen LogP contribution in [0.15, 0.2) is 0 Å². The van der Waals surface area contributed by atoms with Crippen LogP contribution >= 0.6 is 0 Å². The standard InChI is InChI=1S/C10H18O2/c1-8(11)7-9-5-3-4-6-10(9)12-2/h9-10H,3-7H2,1-2H3/t9-,10+/m1/s1. The summed E-state index contributed by atoms with van der Waals surface area (Å²) in [6, 6.07) is 0. The Bertz CT molecular complexity index is 154. The highest BCUT2D eigenvalue weighted by atomic mass is 16.5. The first kappa shape index (κ1) is 9.72. The summed E-state index contributed by atoms with van der Waals surface area (Å²) in [5.41, 5.74) is 0. The molecule has 0 N–H and O–H groups in total. The van der Waals surface area contributed by atoms with Crippen LogP contribution in [0.4, 0.5) is 0 Å². The fraction of sp³-hybridized carbons (Fsp3) is 0.900. The number of Topliss-reactive ketones (excluding diaryl/α,β-unsaturated/α-hetero) is 1. The van der Waals surface area contributed by atoms with Crippen LogP contribution < -0.4 is 0 Å². The third kappa shape index (κ3) is 2.59. The van der Waals surface area contributed by atoms with Gasteiger partial charge in [-0.05, 0) is 25.7 Å². The molecule has 0 spiro atoms. The van der Waals surface area contributed by atoms with E-state index in [2.05, 4.69) is 0 Å². The molecule has 0 amide bonds. The van der Waals surface area contributed by atoms with Crippen LogP contribution in [0, 0.1) is 5.92 Å². The SMILES string of the molecule is CO[C@H]1CCCC[C@@H]1CC(C)=O. The number of carbonyl (C=O) groups is 1. The molecule has 0 radical (unpaired) electrons. The highest BCUT2D eigenvalue weighted by Crippen LogP contribution is 2.28. The van der Waals surface area contributed by atoms with Gasteiger partial charge in [0.15, 0.2) is 0 Å². The second-order valence-corrected chi connectivity index (χ2v) is 3.72. The monoisotopic (exact) mass is 170 g/mol. The molecule has 1 fully saturated rings. The zero-order valence-electron chi connectivity index (χ0n) is 8.01. The summed E-state index contributed by atoms with van der Waals surface area (Å²) in [4.78, 5) is 10.9. The molecule has 0 bridgehead atoms. The van der Waals surface area contributed by atoms with Gasteiger partial charge >= 0.3 is 0 Å². The van der Waals surface area contributed by atoms with Crippen molar-refractivity contribution in [2.24, 2.45) is 5.92 Å². The van der Waals surface area contributed by atoms with Crippen LogP contribution in [-0.4, -0.2) is 19.0 Å². The molecule has 1 rings (SSSR count). The van der Waals surface area contributed by atoms with Crippen molar-refractivity contribution in [3.05, 3.63) is 0 Å². The van der Waals surface area contributed by atoms with Gasteiger partial charge in [0.2, 0.25) is 0 Å². The van der Waals surface area contributed by atoms with E-state index in [1.165, 1.54) is 12.8 Å². The molecule has 0 aromatic heterocycles. The summed E-state index contributed by atoms with van der Waals surface area (Å²) in [7, 11) is 1.75. The van der Waals surface area contributed by atoms with Crippen molar-refractivity contribution in [3.63, 3.8) is 0 Å². The smallest absolute Gasteiger partial charge is 0.130 e. The highest BCUT2D eigenvalue weighted by Gasteiger charge is 2.25. The molecular weight excluding hydrogens is 152 g/mol. The second kappa shape index (κ2) is 4.61. The molecule has 2 atom stereocenters. The molecule has 0 heterocycles. The van der Waals surface area contributed by atoms with Crippen LogP contribution in [0.25, 0.3) is 0 Å². The van der Waals surface area contributed by atoms with Gasteiger partial charge in [-0.3, -0.25) is 0 Å². The maximum atomic E-state index is 10.9. The normalized spacial score (nSPS) is 30.2. The molecule has 12 heavy (non-hydrogen) atoms. The Morgan fingerprint density at radius 3 is 2.67 bits per heavy atom. The van der Waals surface area contributed by atoms with Crippen LogP contribution in [0.5, 0.6) is 0 Å². The number of ketones is 1. The highest BCUT2D eigenvalue weighted by molar-refractivity contribution is 5.75. The maximum absolute atomic E-state index is 10.9. The molecule has 1 aliphatic carbocycles. The largest absolute Gasteiger partial charge is 0.381 e. The number of methoxy groups -OCH3 is 1. The summed E-state index contributed by atoms with van der Waals surface area (Å²) in [6.07, 6.45) is 5.86. The van der Waals surface area contributed by atoms with Gasteiger partial charge in [0, 0.05) is 13.5 Å². The Balaban J connectivity index is 2.41. The second-order valence-electron chi connectivity index (χ2n) is 3.72. The number of rotatable bonds is 3. The quantitative estimate of drug-likeness (QED) is 0.649. The van der Waals surface area contributed by atoms with E-state index in [1.807, 2.05) is 0 Å². The van der Waals surface area contributed by atoms with E-state index in [4.69, 9.17) is 4.74 Å². The molecular formula is C10H18O2. The molecule has 0 unspecified atom stereocenters. The van der Waals surface area contributed by atoms with Gasteiger partial charge in [-0.1, -0.05) is 12.8 Å². The van der Waals surface area contributed by atoms with Crippen molar-refractivity contribution in [3.8, 4) is 0 Å². The fourth-order valence-electron chi connectivity index (χ4n) is 2.09. The van der Waals surface area contributed by atoms with Gasteiger partial charge < -0.3 is 9.53 Å². The lowest BCUT2D eigenvalue weighted by Crippen LogP contribution is -2.28. The Hall–Kier alpha value is -0.370. The van der Waals surface area contributed by atoms with Gasteiger partial charge in [0.05, 0.1) is 6.10 Å². The van der Waals surface area contributed by atoms with Crippen LogP contribution in [0.3, 0.4) is 0 Å². The first-order valence-electron chi connectivity index (χ1n) is 4.76. The van der Waals surface area contributed by atoms with Gasteiger partial charge in [-0.2, -0.15) is 0 Å². The molecule has 0 saturated heterocycles. The average molecular weight is 170 g/mol. The fourth-order valence-corrected chi connectivity index (χ4v) is 2.09. The minimum absolute atomic E-state index is 0.295. The van der Waals surface area contributed by atoms with E-state index >= 15 is 0 Å².